The zero-order chi connectivity index (χ0) is 12.1. The number of hydrogen-bond acceptors (Lipinski definition) is 3. The van der Waals surface area contributed by atoms with Crippen LogP contribution in [0.1, 0.15) is 32.6 Å². The lowest BCUT2D eigenvalue weighted by Gasteiger charge is -2.22. The first-order valence-electron chi connectivity index (χ1n) is 4.55. The molecule has 15 heavy (non-hydrogen) atoms. The normalized spacial score (nSPS) is 11.0. The molecule has 0 radical (unpaired) electrons. The molecular formula is C9H14O6. The summed E-state index contributed by atoms with van der Waals surface area (Å²) >= 11 is 0. The fourth-order valence-electron chi connectivity index (χ4n) is 1.33. The number of aliphatic carboxylic acids is 3. The van der Waals surface area contributed by atoms with Crippen molar-refractivity contribution in [2.45, 2.75) is 32.6 Å². The lowest BCUT2D eigenvalue weighted by molar-refractivity contribution is -0.166. The van der Waals surface area contributed by atoms with E-state index < -0.39 is 23.3 Å². The number of carboxylic acids is 3. The van der Waals surface area contributed by atoms with Gasteiger partial charge in [0.25, 0.3) is 0 Å². The molecule has 0 aromatic rings. The van der Waals surface area contributed by atoms with Crippen LogP contribution in [-0.4, -0.2) is 33.2 Å². The Kier molecular flexibility index (Phi) is 4.77. The molecule has 0 aromatic carbocycles. The minimum Gasteiger partial charge on any atom is -0.481 e. The predicted octanol–water partition coefficient (Wildman–Crippen LogP) is 0.807. The lowest BCUT2D eigenvalue weighted by atomic mass is 9.80. The van der Waals surface area contributed by atoms with Crippen LogP contribution in [0.25, 0.3) is 0 Å². The van der Waals surface area contributed by atoms with Gasteiger partial charge in [-0.15, -0.1) is 0 Å². The molecular weight excluding hydrogens is 204 g/mol. The van der Waals surface area contributed by atoms with Gasteiger partial charge in [-0.25, -0.2) is 0 Å². The number of carboxylic acid groups (broad SMARTS) is 3. The van der Waals surface area contributed by atoms with Gasteiger partial charge >= 0.3 is 17.9 Å². The van der Waals surface area contributed by atoms with Crippen LogP contribution in [0, 0.1) is 5.41 Å². The van der Waals surface area contributed by atoms with E-state index in [1.807, 2.05) is 0 Å². The van der Waals surface area contributed by atoms with Crippen LogP contribution < -0.4 is 0 Å². The van der Waals surface area contributed by atoms with Crippen LogP contribution in [0.15, 0.2) is 0 Å². The molecule has 0 saturated heterocycles. The van der Waals surface area contributed by atoms with Crippen molar-refractivity contribution in [2.24, 2.45) is 5.41 Å². The third-order valence-electron chi connectivity index (χ3n) is 2.42. The van der Waals surface area contributed by atoms with Crippen LogP contribution >= 0.6 is 0 Å². The second-order valence-electron chi connectivity index (χ2n) is 3.29. The summed E-state index contributed by atoms with van der Waals surface area (Å²) in [5.74, 6) is -3.89. The maximum absolute atomic E-state index is 10.8. The Morgan fingerprint density at radius 3 is 1.80 bits per heavy atom. The van der Waals surface area contributed by atoms with Gasteiger partial charge in [-0.05, 0) is 19.3 Å². The molecule has 0 rings (SSSR count). The van der Waals surface area contributed by atoms with E-state index in [0.717, 1.165) is 0 Å². The maximum Gasteiger partial charge on any atom is 0.321 e. The van der Waals surface area contributed by atoms with E-state index in [0.29, 0.717) is 0 Å². The Hall–Kier alpha value is -1.59. The largest absolute Gasteiger partial charge is 0.481 e. The van der Waals surface area contributed by atoms with E-state index in [2.05, 4.69) is 0 Å². The van der Waals surface area contributed by atoms with Crippen molar-refractivity contribution in [3.8, 4) is 0 Å². The summed E-state index contributed by atoms with van der Waals surface area (Å²) in [6, 6.07) is 0. The monoisotopic (exact) mass is 218 g/mol. The molecule has 6 heteroatoms. The summed E-state index contributed by atoms with van der Waals surface area (Å²) in [4.78, 5) is 31.9. The minimum atomic E-state index is -1.85. The molecule has 6 nitrogen and oxygen atoms in total. The first-order valence-corrected chi connectivity index (χ1v) is 4.55. The zero-order valence-corrected chi connectivity index (χ0v) is 8.39. The fourth-order valence-corrected chi connectivity index (χ4v) is 1.33. The molecule has 0 fully saturated rings. The molecule has 3 N–H and O–H groups in total. The second kappa shape index (κ2) is 5.33. The highest BCUT2D eigenvalue weighted by Crippen LogP contribution is 2.29. The van der Waals surface area contributed by atoms with Gasteiger partial charge in [0.05, 0.1) is 0 Å². The Labute approximate surface area is 86.5 Å². The minimum absolute atomic E-state index is 0.0434. The van der Waals surface area contributed by atoms with E-state index in [4.69, 9.17) is 15.3 Å². The van der Waals surface area contributed by atoms with Crippen LogP contribution in [0.2, 0.25) is 0 Å². The van der Waals surface area contributed by atoms with E-state index >= 15 is 0 Å². The quantitative estimate of drug-likeness (QED) is 0.545. The molecule has 0 unspecified atom stereocenters. The van der Waals surface area contributed by atoms with Gasteiger partial charge in [-0.3, -0.25) is 14.4 Å². The van der Waals surface area contributed by atoms with Crippen molar-refractivity contribution in [1.29, 1.82) is 0 Å². The predicted molar refractivity (Wildman–Crippen MR) is 49.5 cm³/mol. The Morgan fingerprint density at radius 2 is 1.53 bits per heavy atom. The van der Waals surface area contributed by atoms with Crippen molar-refractivity contribution in [3.05, 3.63) is 0 Å². The Morgan fingerprint density at radius 1 is 1.07 bits per heavy atom. The average molecular weight is 218 g/mol. The zero-order valence-electron chi connectivity index (χ0n) is 8.39. The van der Waals surface area contributed by atoms with Crippen molar-refractivity contribution >= 4 is 17.9 Å². The van der Waals surface area contributed by atoms with E-state index in [1.165, 1.54) is 6.92 Å². The topological polar surface area (TPSA) is 112 Å². The van der Waals surface area contributed by atoms with Crippen LogP contribution in [0.3, 0.4) is 0 Å². The van der Waals surface area contributed by atoms with Crippen molar-refractivity contribution in [1.82, 2.24) is 0 Å². The molecule has 0 atom stereocenters. The van der Waals surface area contributed by atoms with Gasteiger partial charge in [0.2, 0.25) is 0 Å². The number of carbonyl (C=O) groups is 3. The summed E-state index contributed by atoms with van der Waals surface area (Å²) in [7, 11) is 0. The summed E-state index contributed by atoms with van der Waals surface area (Å²) in [6.07, 6.45) is -0.401. The standard InChI is InChI=1S/C9H14O6/c1-2-9(7(12)13,8(14)15)5-3-4-6(10)11/h2-5H2,1H3,(H,10,11)(H,12,13)(H,14,15). The SMILES string of the molecule is CCC(CCCC(=O)O)(C(=O)O)C(=O)O. The van der Waals surface area contributed by atoms with E-state index in [-0.39, 0.29) is 25.7 Å². The van der Waals surface area contributed by atoms with Gasteiger partial charge in [0.15, 0.2) is 5.41 Å². The third kappa shape index (κ3) is 3.23. The van der Waals surface area contributed by atoms with E-state index in [9.17, 15) is 14.4 Å². The fraction of sp³-hybridized carbons (Fsp3) is 0.667. The molecule has 0 bridgehead atoms. The summed E-state index contributed by atoms with van der Waals surface area (Å²) in [5.41, 5.74) is -1.85. The first kappa shape index (κ1) is 13.4. The molecule has 0 saturated carbocycles. The molecule has 0 spiro atoms. The van der Waals surface area contributed by atoms with Gasteiger partial charge in [0.1, 0.15) is 0 Å². The van der Waals surface area contributed by atoms with Crippen molar-refractivity contribution in [3.63, 3.8) is 0 Å². The molecule has 0 aliphatic carbocycles. The van der Waals surface area contributed by atoms with Gasteiger partial charge in [-0.1, -0.05) is 6.92 Å². The Balaban J connectivity index is 4.57. The molecule has 0 aromatic heterocycles. The smallest absolute Gasteiger partial charge is 0.321 e. The van der Waals surface area contributed by atoms with Gasteiger partial charge in [-0.2, -0.15) is 0 Å². The van der Waals surface area contributed by atoms with Crippen molar-refractivity contribution < 1.29 is 29.7 Å². The first-order chi connectivity index (χ1) is 6.86. The van der Waals surface area contributed by atoms with Crippen molar-refractivity contribution in [2.75, 3.05) is 0 Å². The molecule has 0 amide bonds. The lowest BCUT2D eigenvalue weighted by Crippen LogP contribution is -2.38. The molecule has 86 valence electrons. The molecule has 0 heterocycles. The van der Waals surface area contributed by atoms with Gasteiger partial charge < -0.3 is 15.3 Å². The van der Waals surface area contributed by atoms with Crippen LogP contribution in [-0.2, 0) is 14.4 Å². The number of rotatable bonds is 7. The van der Waals surface area contributed by atoms with E-state index in [1.54, 1.807) is 0 Å². The second-order valence-corrected chi connectivity index (χ2v) is 3.29. The highest BCUT2D eigenvalue weighted by Gasteiger charge is 2.44. The summed E-state index contributed by atoms with van der Waals surface area (Å²) in [5, 5.41) is 26.0. The summed E-state index contributed by atoms with van der Waals surface area (Å²) < 4.78 is 0. The highest BCUT2D eigenvalue weighted by atomic mass is 16.4. The van der Waals surface area contributed by atoms with Gasteiger partial charge in [0, 0.05) is 6.42 Å². The van der Waals surface area contributed by atoms with Crippen LogP contribution in [0.5, 0.6) is 0 Å². The highest BCUT2D eigenvalue weighted by molar-refractivity contribution is 5.98. The Bertz CT molecular complexity index is 256. The molecule has 0 aliphatic rings. The average Bonchev–Trinajstić information content (AvgIpc) is 2.10. The number of hydrogen-bond donors (Lipinski definition) is 3. The van der Waals surface area contributed by atoms with Crippen LogP contribution in [0.4, 0.5) is 0 Å². The third-order valence-corrected chi connectivity index (χ3v) is 2.42. The molecule has 0 aliphatic heterocycles. The summed E-state index contributed by atoms with van der Waals surface area (Å²) in [6.45, 7) is 1.46. The maximum atomic E-state index is 10.8.